The van der Waals surface area contributed by atoms with Gasteiger partial charge in [-0.15, -0.1) is 0 Å². The number of ether oxygens (including phenoxy) is 3. The average molecular weight is 303 g/mol. The molecule has 6 nitrogen and oxygen atoms in total. The second-order valence-electron chi connectivity index (χ2n) is 5.97. The number of nitrogens with one attached hydrogen (secondary N) is 2. The molecule has 0 amide bonds. The largest absolute Gasteiger partial charge is 0.454 e. The molecule has 1 aromatic rings. The summed E-state index contributed by atoms with van der Waals surface area (Å²) in [6.45, 7) is 0.998. The van der Waals surface area contributed by atoms with Gasteiger partial charge in [-0.1, -0.05) is 6.07 Å². The number of benzene rings is 1. The summed E-state index contributed by atoms with van der Waals surface area (Å²) in [6.07, 6.45) is 4.21. The summed E-state index contributed by atoms with van der Waals surface area (Å²) in [6, 6.07) is 6.36. The van der Waals surface area contributed by atoms with Crippen molar-refractivity contribution in [3.63, 3.8) is 0 Å². The molecule has 2 N–H and O–H groups in total. The normalized spacial score (nSPS) is 29.0. The molecule has 0 spiro atoms. The molecule has 0 aliphatic carbocycles. The second-order valence-corrected chi connectivity index (χ2v) is 5.97. The fourth-order valence-corrected chi connectivity index (χ4v) is 3.40. The molecule has 0 radical (unpaired) electrons. The van der Waals surface area contributed by atoms with Crippen molar-refractivity contribution >= 4 is 5.96 Å². The van der Waals surface area contributed by atoms with E-state index in [9.17, 15) is 0 Å². The molecular weight excluding hydrogens is 282 g/mol. The molecular formula is C16H21N3O3. The van der Waals surface area contributed by atoms with E-state index in [-0.39, 0.29) is 0 Å². The van der Waals surface area contributed by atoms with E-state index in [2.05, 4.69) is 15.6 Å². The lowest BCUT2D eigenvalue weighted by molar-refractivity contribution is 0.0992. The lowest BCUT2D eigenvalue weighted by Gasteiger charge is -2.22. The van der Waals surface area contributed by atoms with Crippen molar-refractivity contribution in [2.45, 2.75) is 44.1 Å². The number of aliphatic imine (C=N–C) groups is 1. The van der Waals surface area contributed by atoms with Gasteiger partial charge in [0.05, 0.1) is 18.2 Å². The van der Waals surface area contributed by atoms with Crippen LogP contribution in [0.1, 0.15) is 24.8 Å². The molecule has 3 unspecified atom stereocenters. The van der Waals surface area contributed by atoms with Gasteiger partial charge in [0.1, 0.15) is 0 Å². The number of fused-ring (bicyclic) bond motifs is 3. The number of rotatable bonds is 3. The maximum absolute atomic E-state index is 5.87. The van der Waals surface area contributed by atoms with Gasteiger partial charge in [-0.05, 0) is 37.0 Å². The Morgan fingerprint density at radius 3 is 2.95 bits per heavy atom. The minimum Gasteiger partial charge on any atom is -0.454 e. The Kier molecular flexibility index (Phi) is 3.54. The van der Waals surface area contributed by atoms with Crippen molar-refractivity contribution in [1.82, 2.24) is 10.6 Å². The standard InChI is InChI=1S/C16H21N3O3/c1-17-16(19-12-7-11-3-5-13(12)22-11)18-8-10-2-4-14-15(6-10)21-9-20-14/h2,4,6,11-13H,3,5,7-9H2,1H3,(H2,17,18,19). The highest BCUT2D eigenvalue weighted by molar-refractivity contribution is 5.80. The lowest BCUT2D eigenvalue weighted by Crippen LogP contribution is -2.47. The van der Waals surface area contributed by atoms with Crippen LogP contribution in [0.2, 0.25) is 0 Å². The Morgan fingerprint density at radius 1 is 1.27 bits per heavy atom. The monoisotopic (exact) mass is 303 g/mol. The number of hydrogen-bond acceptors (Lipinski definition) is 4. The number of hydrogen-bond donors (Lipinski definition) is 2. The lowest BCUT2D eigenvalue weighted by atomic mass is 9.96. The molecule has 118 valence electrons. The first-order valence-electron chi connectivity index (χ1n) is 7.83. The van der Waals surface area contributed by atoms with E-state index in [0.29, 0.717) is 31.6 Å². The minimum absolute atomic E-state index is 0.305. The molecule has 1 aromatic carbocycles. The summed E-state index contributed by atoms with van der Waals surface area (Å²) in [5.74, 6) is 2.44. The predicted molar refractivity (Wildman–Crippen MR) is 82.2 cm³/mol. The summed E-state index contributed by atoms with van der Waals surface area (Å²) >= 11 is 0. The van der Waals surface area contributed by atoms with Gasteiger partial charge in [-0.2, -0.15) is 0 Å². The van der Waals surface area contributed by atoms with Crippen LogP contribution in [0.25, 0.3) is 0 Å². The van der Waals surface area contributed by atoms with E-state index in [1.165, 1.54) is 6.42 Å². The van der Waals surface area contributed by atoms with Crippen LogP contribution in [0, 0.1) is 0 Å². The van der Waals surface area contributed by atoms with Gasteiger partial charge in [-0.3, -0.25) is 4.99 Å². The third-order valence-corrected chi connectivity index (χ3v) is 4.55. The topological polar surface area (TPSA) is 64.1 Å². The molecule has 6 heteroatoms. The van der Waals surface area contributed by atoms with Crippen molar-refractivity contribution in [2.75, 3.05) is 13.8 Å². The van der Waals surface area contributed by atoms with E-state index in [4.69, 9.17) is 14.2 Å². The van der Waals surface area contributed by atoms with E-state index in [1.807, 2.05) is 18.2 Å². The summed E-state index contributed by atoms with van der Waals surface area (Å²) in [5, 5.41) is 6.83. The quantitative estimate of drug-likeness (QED) is 0.653. The van der Waals surface area contributed by atoms with Crippen molar-refractivity contribution < 1.29 is 14.2 Å². The molecule has 22 heavy (non-hydrogen) atoms. The van der Waals surface area contributed by atoms with Gasteiger partial charge in [0, 0.05) is 13.6 Å². The zero-order chi connectivity index (χ0) is 14.9. The molecule has 3 aliphatic heterocycles. The second kappa shape index (κ2) is 5.68. The van der Waals surface area contributed by atoms with E-state index < -0.39 is 0 Å². The third-order valence-electron chi connectivity index (χ3n) is 4.55. The van der Waals surface area contributed by atoms with Gasteiger partial charge in [-0.25, -0.2) is 0 Å². The summed E-state index contributed by atoms with van der Waals surface area (Å²) < 4.78 is 16.6. The summed E-state index contributed by atoms with van der Waals surface area (Å²) in [7, 11) is 1.79. The first kappa shape index (κ1) is 13.7. The van der Waals surface area contributed by atoms with E-state index in [0.717, 1.165) is 35.9 Å². The molecule has 2 saturated heterocycles. The van der Waals surface area contributed by atoms with Gasteiger partial charge in [0.2, 0.25) is 6.79 Å². The van der Waals surface area contributed by atoms with Crippen molar-refractivity contribution in [3.05, 3.63) is 23.8 Å². The summed E-state index contributed by atoms with van der Waals surface area (Å²) in [5.41, 5.74) is 1.14. The molecule has 0 saturated carbocycles. The molecule has 3 aliphatic rings. The van der Waals surface area contributed by atoms with Gasteiger partial charge in [0.15, 0.2) is 17.5 Å². The molecule has 2 fully saturated rings. The Balaban J connectivity index is 1.34. The number of guanidine groups is 1. The van der Waals surface area contributed by atoms with Crippen LogP contribution < -0.4 is 20.1 Å². The van der Waals surface area contributed by atoms with Crippen molar-refractivity contribution in [1.29, 1.82) is 0 Å². The smallest absolute Gasteiger partial charge is 0.231 e. The predicted octanol–water partition coefficient (Wildman–Crippen LogP) is 1.40. The minimum atomic E-state index is 0.305. The van der Waals surface area contributed by atoms with Crippen LogP contribution in [0.5, 0.6) is 11.5 Å². The highest BCUT2D eigenvalue weighted by atomic mass is 16.7. The molecule has 4 rings (SSSR count). The Bertz CT molecular complexity index is 590. The van der Waals surface area contributed by atoms with Crippen LogP contribution >= 0.6 is 0 Å². The zero-order valence-corrected chi connectivity index (χ0v) is 12.7. The van der Waals surface area contributed by atoms with Gasteiger partial charge in [0.25, 0.3) is 0 Å². The number of nitrogens with zero attached hydrogens (tertiary/aromatic N) is 1. The van der Waals surface area contributed by atoms with Crippen LogP contribution in [0.15, 0.2) is 23.2 Å². The van der Waals surface area contributed by atoms with Gasteiger partial charge < -0.3 is 24.8 Å². The highest BCUT2D eigenvalue weighted by Crippen LogP contribution is 2.34. The maximum Gasteiger partial charge on any atom is 0.231 e. The zero-order valence-electron chi connectivity index (χ0n) is 12.7. The Labute approximate surface area is 129 Å². The maximum atomic E-state index is 5.87. The average Bonchev–Trinajstić information content (AvgIpc) is 3.26. The molecule has 0 aromatic heterocycles. The fraction of sp³-hybridized carbons (Fsp3) is 0.562. The van der Waals surface area contributed by atoms with Crippen LogP contribution in [0.4, 0.5) is 0 Å². The molecule has 3 atom stereocenters. The van der Waals surface area contributed by atoms with Crippen LogP contribution in [-0.4, -0.2) is 38.0 Å². The first-order chi connectivity index (χ1) is 10.8. The van der Waals surface area contributed by atoms with Crippen molar-refractivity contribution in [3.8, 4) is 11.5 Å². The first-order valence-corrected chi connectivity index (χ1v) is 7.83. The van der Waals surface area contributed by atoms with E-state index in [1.54, 1.807) is 7.05 Å². The van der Waals surface area contributed by atoms with Crippen LogP contribution in [-0.2, 0) is 11.3 Å². The highest BCUT2D eigenvalue weighted by Gasteiger charge is 2.41. The molecule has 3 heterocycles. The Morgan fingerprint density at radius 2 is 2.18 bits per heavy atom. The van der Waals surface area contributed by atoms with Crippen LogP contribution in [0.3, 0.4) is 0 Å². The SMILES string of the molecule is CN=C(NCc1ccc2c(c1)OCO2)NC1CC2CCC1O2. The summed E-state index contributed by atoms with van der Waals surface area (Å²) in [4.78, 5) is 4.31. The molecule has 2 bridgehead atoms. The fourth-order valence-electron chi connectivity index (χ4n) is 3.40. The van der Waals surface area contributed by atoms with E-state index >= 15 is 0 Å². The van der Waals surface area contributed by atoms with Crippen molar-refractivity contribution in [2.24, 2.45) is 4.99 Å². The third kappa shape index (κ3) is 2.59. The Hall–Kier alpha value is -1.95. The van der Waals surface area contributed by atoms with Gasteiger partial charge >= 0.3 is 0 Å².